The number of carboxylic acid groups (broad SMARTS) is 1. The standard InChI is InChI=1S/C18H21N3O3/c22-18(23)17-14(8-19-20-17)9-21-10-15(12-4-2-1-3-5-12)24-16(11-21)13-6-7-13/h1-5,8,13,15-16H,6-7,9-11H2,(H,19,20)(H,22,23)/t15-,16+/m0/s1. The molecule has 4 rings (SSSR count). The Hall–Kier alpha value is -2.18. The van der Waals surface area contributed by atoms with Gasteiger partial charge < -0.3 is 9.84 Å². The molecule has 24 heavy (non-hydrogen) atoms. The number of hydrogen-bond acceptors (Lipinski definition) is 4. The number of benzene rings is 1. The lowest BCUT2D eigenvalue weighted by atomic mass is 10.0. The van der Waals surface area contributed by atoms with E-state index in [2.05, 4.69) is 27.2 Å². The predicted octanol–water partition coefficient (Wildman–Crippen LogP) is 2.46. The average Bonchev–Trinajstić information content (AvgIpc) is 3.35. The Balaban J connectivity index is 1.53. The van der Waals surface area contributed by atoms with Crippen LogP contribution in [0.1, 0.15) is 40.6 Å². The van der Waals surface area contributed by atoms with Gasteiger partial charge in [0.2, 0.25) is 0 Å². The highest BCUT2D eigenvalue weighted by Gasteiger charge is 2.39. The zero-order valence-electron chi connectivity index (χ0n) is 13.4. The topological polar surface area (TPSA) is 78.4 Å². The molecule has 1 aromatic carbocycles. The SMILES string of the molecule is O=C(O)c1[nH]ncc1CN1C[C@@H](c2ccccc2)O[C@@H](C2CC2)C1. The van der Waals surface area contributed by atoms with Crippen molar-refractivity contribution in [2.45, 2.75) is 31.6 Å². The van der Waals surface area contributed by atoms with E-state index in [1.807, 2.05) is 18.2 Å². The zero-order chi connectivity index (χ0) is 16.5. The lowest BCUT2D eigenvalue weighted by molar-refractivity contribution is -0.0986. The summed E-state index contributed by atoms with van der Waals surface area (Å²) in [7, 11) is 0. The number of carboxylic acids is 1. The molecule has 0 unspecified atom stereocenters. The van der Waals surface area contributed by atoms with Gasteiger partial charge in [-0.2, -0.15) is 5.10 Å². The first-order valence-corrected chi connectivity index (χ1v) is 8.39. The van der Waals surface area contributed by atoms with Crippen LogP contribution in [0.5, 0.6) is 0 Å². The molecule has 0 spiro atoms. The number of aromatic amines is 1. The van der Waals surface area contributed by atoms with Crippen LogP contribution in [0.4, 0.5) is 0 Å². The van der Waals surface area contributed by atoms with Crippen molar-refractivity contribution in [1.82, 2.24) is 15.1 Å². The number of nitrogens with zero attached hydrogens (tertiary/aromatic N) is 2. The summed E-state index contributed by atoms with van der Waals surface area (Å²) in [5.41, 5.74) is 2.09. The number of nitrogens with one attached hydrogen (secondary N) is 1. The number of aromatic nitrogens is 2. The maximum atomic E-state index is 11.3. The van der Waals surface area contributed by atoms with E-state index in [4.69, 9.17) is 4.74 Å². The van der Waals surface area contributed by atoms with Crippen molar-refractivity contribution in [3.63, 3.8) is 0 Å². The highest BCUT2D eigenvalue weighted by molar-refractivity contribution is 5.86. The number of rotatable bonds is 5. The Kier molecular flexibility index (Phi) is 4.08. The summed E-state index contributed by atoms with van der Waals surface area (Å²) < 4.78 is 6.34. The Morgan fingerprint density at radius 2 is 2.08 bits per heavy atom. The van der Waals surface area contributed by atoms with Crippen molar-refractivity contribution in [2.75, 3.05) is 13.1 Å². The van der Waals surface area contributed by atoms with Gasteiger partial charge in [0.1, 0.15) is 5.69 Å². The minimum absolute atomic E-state index is 0.0331. The lowest BCUT2D eigenvalue weighted by Crippen LogP contribution is -2.44. The van der Waals surface area contributed by atoms with Crippen molar-refractivity contribution in [3.05, 3.63) is 53.3 Å². The molecule has 1 aliphatic heterocycles. The molecule has 6 nitrogen and oxygen atoms in total. The highest BCUT2D eigenvalue weighted by atomic mass is 16.5. The van der Waals surface area contributed by atoms with Crippen molar-refractivity contribution in [3.8, 4) is 0 Å². The smallest absolute Gasteiger partial charge is 0.354 e. The van der Waals surface area contributed by atoms with E-state index in [1.54, 1.807) is 6.20 Å². The van der Waals surface area contributed by atoms with E-state index in [9.17, 15) is 9.90 Å². The third-order valence-corrected chi connectivity index (χ3v) is 4.85. The highest BCUT2D eigenvalue weighted by Crippen LogP contribution is 2.39. The summed E-state index contributed by atoms with van der Waals surface area (Å²) in [6, 6.07) is 10.3. The Labute approximate surface area is 140 Å². The molecule has 2 N–H and O–H groups in total. The molecular formula is C18H21N3O3. The van der Waals surface area contributed by atoms with Gasteiger partial charge in [-0.15, -0.1) is 0 Å². The first-order chi connectivity index (χ1) is 11.7. The van der Waals surface area contributed by atoms with Gasteiger partial charge in [0, 0.05) is 25.2 Å². The van der Waals surface area contributed by atoms with Gasteiger partial charge in [0.05, 0.1) is 18.4 Å². The van der Waals surface area contributed by atoms with Crippen LogP contribution in [0, 0.1) is 5.92 Å². The summed E-state index contributed by atoms with van der Waals surface area (Å²) in [5, 5.41) is 15.7. The van der Waals surface area contributed by atoms with Crippen LogP contribution in [0.2, 0.25) is 0 Å². The normalized spacial score (nSPS) is 24.8. The zero-order valence-corrected chi connectivity index (χ0v) is 13.4. The second-order valence-corrected chi connectivity index (χ2v) is 6.68. The summed E-state index contributed by atoms with van der Waals surface area (Å²) in [6.45, 7) is 2.18. The number of hydrogen-bond donors (Lipinski definition) is 2. The van der Waals surface area contributed by atoms with Crippen LogP contribution in [0.15, 0.2) is 36.5 Å². The molecule has 0 bridgehead atoms. The van der Waals surface area contributed by atoms with Crippen molar-refractivity contribution < 1.29 is 14.6 Å². The predicted molar refractivity (Wildman–Crippen MR) is 87.6 cm³/mol. The molecule has 0 amide bonds. The fraction of sp³-hybridized carbons (Fsp3) is 0.444. The number of morpholine rings is 1. The lowest BCUT2D eigenvalue weighted by Gasteiger charge is -2.38. The number of aromatic carboxylic acids is 1. The summed E-state index contributed by atoms with van der Waals surface area (Å²) in [4.78, 5) is 13.6. The molecule has 1 aliphatic carbocycles. The van der Waals surface area contributed by atoms with Crippen LogP contribution in [-0.2, 0) is 11.3 Å². The Morgan fingerprint density at radius 3 is 2.79 bits per heavy atom. The fourth-order valence-corrected chi connectivity index (χ4v) is 3.43. The second-order valence-electron chi connectivity index (χ2n) is 6.68. The molecule has 2 fully saturated rings. The number of carbonyl (C=O) groups is 1. The molecule has 126 valence electrons. The van der Waals surface area contributed by atoms with Gasteiger partial charge in [-0.05, 0) is 24.3 Å². The molecule has 1 saturated carbocycles. The van der Waals surface area contributed by atoms with E-state index >= 15 is 0 Å². The van der Waals surface area contributed by atoms with Crippen molar-refractivity contribution in [2.24, 2.45) is 5.92 Å². The van der Waals surface area contributed by atoms with E-state index in [-0.39, 0.29) is 17.9 Å². The third kappa shape index (κ3) is 3.20. The molecule has 2 aliphatic rings. The van der Waals surface area contributed by atoms with E-state index in [1.165, 1.54) is 18.4 Å². The van der Waals surface area contributed by atoms with Gasteiger partial charge in [0.15, 0.2) is 0 Å². The molecule has 0 radical (unpaired) electrons. The number of ether oxygens (including phenoxy) is 1. The van der Waals surface area contributed by atoms with Crippen LogP contribution >= 0.6 is 0 Å². The van der Waals surface area contributed by atoms with Gasteiger partial charge in [-0.3, -0.25) is 10.00 Å². The molecule has 2 aromatic rings. The number of H-pyrrole nitrogens is 1. The van der Waals surface area contributed by atoms with Crippen LogP contribution < -0.4 is 0 Å². The van der Waals surface area contributed by atoms with Crippen molar-refractivity contribution >= 4 is 5.97 Å². The van der Waals surface area contributed by atoms with Gasteiger partial charge in [0.25, 0.3) is 0 Å². The molecular weight excluding hydrogens is 306 g/mol. The Morgan fingerprint density at radius 1 is 1.29 bits per heavy atom. The van der Waals surface area contributed by atoms with Gasteiger partial charge in [-0.25, -0.2) is 4.79 Å². The van der Waals surface area contributed by atoms with Crippen LogP contribution in [-0.4, -0.2) is 45.4 Å². The van der Waals surface area contributed by atoms with E-state index < -0.39 is 5.97 Å². The maximum absolute atomic E-state index is 11.3. The van der Waals surface area contributed by atoms with Gasteiger partial charge in [-0.1, -0.05) is 30.3 Å². The first-order valence-electron chi connectivity index (χ1n) is 8.39. The summed E-state index contributed by atoms with van der Waals surface area (Å²) >= 11 is 0. The molecule has 2 atom stereocenters. The largest absolute Gasteiger partial charge is 0.477 e. The van der Waals surface area contributed by atoms with Crippen LogP contribution in [0.3, 0.4) is 0 Å². The maximum Gasteiger partial charge on any atom is 0.354 e. The summed E-state index contributed by atoms with van der Waals surface area (Å²) in [6.07, 6.45) is 4.33. The minimum atomic E-state index is -0.964. The van der Waals surface area contributed by atoms with Gasteiger partial charge >= 0.3 is 5.97 Å². The summed E-state index contributed by atoms with van der Waals surface area (Å²) in [5.74, 6) is -0.323. The minimum Gasteiger partial charge on any atom is -0.477 e. The molecule has 1 aromatic heterocycles. The molecule has 6 heteroatoms. The first kappa shape index (κ1) is 15.4. The van der Waals surface area contributed by atoms with Crippen LogP contribution in [0.25, 0.3) is 0 Å². The van der Waals surface area contributed by atoms with E-state index in [0.29, 0.717) is 12.5 Å². The fourth-order valence-electron chi connectivity index (χ4n) is 3.43. The second kappa shape index (κ2) is 6.37. The van der Waals surface area contributed by atoms with Crippen molar-refractivity contribution in [1.29, 1.82) is 0 Å². The average molecular weight is 327 g/mol. The molecule has 1 saturated heterocycles. The quantitative estimate of drug-likeness (QED) is 0.882. The molecule has 2 heterocycles. The third-order valence-electron chi connectivity index (χ3n) is 4.85. The van der Waals surface area contributed by atoms with E-state index in [0.717, 1.165) is 18.7 Å². The Bertz CT molecular complexity index is 711. The monoisotopic (exact) mass is 327 g/mol.